The van der Waals surface area contributed by atoms with Crippen molar-refractivity contribution >= 4 is 21.6 Å². The van der Waals surface area contributed by atoms with Crippen molar-refractivity contribution in [1.82, 2.24) is 15.2 Å². The minimum atomic E-state index is 0.382. The van der Waals surface area contributed by atoms with E-state index in [1.165, 1.54) is 36.2 Å². The van der Waals surface area contributed by atoms with Crippen LogP contribution >= 0.6 is 11.3 Å². The van der Waals surface area contributed by atoms with E-state index in [4.69, 9.17) is 0 Å². The van der Waals surface area contributed by atoms with Crippen LogP contribution in [-0.4, -0.2) is 36.1 Å². The molecule has 3 rings (SSSR count). The van der Waals surface area contributed by atoms with Crippen LogP contribution in [0.15, 0.2) is 23.7 Å². The van der Waals surface area contributed by atoms with Crippen molar-refractivity contribution in [2.24, 2.45) is 0 Å². The van der Waals surface area contributed by atoms with Gasteiger partial charge in [-0.25, -0.2) is 0 Å². The van der Waals surface area contributed by atoms with Crippen molar-refractivity contribution in [2.45, 2.75) is 31.8 Å². The first-order valence-electron chi connectivity index (χ1n) is 7.00. The summed E-state index contributed by atoms with van der Waals surface area (Å²) >= 11 is 1.77. The molecule has 2 aromatic heterocycles. The third kappa shape index (κ3) is 2.96. The molecule has 1 N–H and O–H groups in total. The van der Waals surface area contributed by atoms with Crippen LogP contribution in [-0.2, 0) is 0 Å². The predicted octanol–water partition coefficient (Wildman–Crippen LogP) is 3.04. The fourth-order valence-corrected chi connectivity index (χ4v) is 3.51. The zero-order valence-electron chi connectivity index (χ0n) is 11.6. The summed E-state index contributed by atoms with van der Waals surface area (Å²) in [6, 6.07) is 5.39. The van der Waals surface area contributed by atoms with Crippen LogP contribution < -0.4 is 5.32 Å². The first kappa shape index (κ1) is 13.0. The molecule has 102 valence electrons. The van der Waals surface area contributed by atoms with Gasteiger partial charge in [-0.3, -0.25) is 4.98 Å². The van der Waals surface area contributed by atoms with Gasteiger partial charge < -0.3 is 10.2 Å². The monoisotopic (exact) mass is 275 g/mol. The molecule has 1 atom stereocenters. The van der Waals surface area contributed by atoms with Gasteiger partial charge in [0.05, 0.1) is 10.2 Å². The molecule has 0 aromatic carbocycles. The summed E-state index contributed by atoms with van der Waals surface area (Å²) in [5, 5.41) is 5.86. The highest BCUT2D eigenvalue weighted by molar-refractivity contribution is 7.17. The third-order valence-corrected chi connectivity index (χ3v) is 4.88. The van der Waals surface area contributed by atoms with E-state index < -0.39 is 0 Å². The minimum absolute atomic E-state index is 0.382. The maximum atomic E-state index is 4.53. The summed E-state index contributed by atoms with van der Waals surface area (Å²) in [7, 11) is 2.20. The Morgan fingerprint density at radius 3 is 3.00 bits per heavy atom. The van der Waals surface area contributed by atoms with Crippen molar-refractivity contribution < 1.29 is 0 Å². The minimum Gasteiger partial charge on any atom is -0.307 e. The van der Waals surface area contributed by atoms with Crippen LogP contribution in [0.3, 0.4) is 0 Å². The van der Waals surface area contributed by atoms with E-state index in [9.17, 15) is 0 Å². The maximum absolute atomic E-state index is 4.53. The quantitative estimate of drug-likeness (QED) is 0.933. The van der Waals surface area contributed by atoms with Crippen LogP contribution in [0.2, 0.25) is 0 Å². The first-order chi connectivity index (χ1) is 9.22. The summed E-state index contributed by atoms with van der Waals surface area (Å²) < 4.78 is 1.29. The molecule has 0 aliphatic carbocycles. The van der Waals surface area contributed by atoms with E-state index in [1.54, 1.807) is 11.3 Å². The Morgan fingerprint density at radius 1 is 1.42 bits per heavy atom. The van der Waals surface area contributed by atoms with Crippen molar-refractivity contribution in [2.75, 3.05) is 20.1 Å². The molecular weight excluding hydrogens is 254 g/mol. The molecule has 0 radical (unpaired) electrons. The van der Waals surface area contributed by atoms with Gasteiger partial charge in [0, 0.05) is 18.3 Å². The van der Waals surface area contributed by atoms with Crippen LogP contribution in [0.1, 0.15) is 31.4 Å². The summed E-state index contributed by atoms with van der Waals surface area (Å²) in [6.07, 6.45) is 4.51. The van der Waals surface area contributed by atoms with Gasteiger partial charge in [-0.15, -0.1) is 11.3 Å². The second-order valence-electron chi connectivity index (χ2n) is 5.54. The largest absolute Gasteiger partial charge is 0.307 e. The molecule has 19 heavy (non-hydrogen) atoms. The van der Waals surface area contributed by atoms with Crippen LogP contribution in [0.25, 0.3) is 10.2 Å². The fraction of sp³-hybridized carbons (Fsp3) is 0.533. The van der Waals surface area contributed by atoms with Gasteiger partial charge in [0.1, 0.15) is 0 Å². The molecule has 1 saturated heterocycles. The number of fused-ring (bicyclic) bond motifs is 1. The van der Waals surface area contributed by atoms with Crippen LogP contribution in [0.5, 0.6) is 0 Å². The highest BCUT2D eigenvalue weighted by Crippen LogP contribution is 2.23. The van der Waals surface area contributed by atoms with Crippen LogP contribution in [0.4, 0.5) is 0 Å². The molecule has 1 unspecified atom stereocenters. The number of piperidine rings is 1. The van der Waals surface area contributed by atoms with E-state index in [1.807, 2.05) is 6.20 Å². The molecular formula is C15H21N3S. The Bertz CT molecular complexity index is 543. The Labute approximate surface area is 118 Å². The number of aromatic nitrogens is 1. The number of hydrogen-bond donors (Lipinski definition) is 1. The van der Waals surface area contributed by atoms with Gasteiger partial charge in [-0.2, -0.15) is 0 Å². The maximum Gasteiger partial charge on any atom is 0.0809 e. The molecule has 3 nitrogen and oxygen atoms in total. The number of rotatable bonds is 3. The lowest BCUT2D eigenvalue weighted by Crippen LogP contribution is -2.41. The van der Waals surface area contributed by atoms with Gasteiger partial charge in [0.25, 0.3) is 0 Å². The number of nitrogens with zero attached hydrogens (tertiary/aromatic N) is 2. The molecule has 1 aliphatic heterocycles. The third-order valence-electron chi connectivity index (χ3n) is 4.03. The zero-order valence-corrected chi connectivity index (χ0v) is 12.4. The second-order valence-corrected chi connectivity index (χ2v) is 6.49. The second kappa shape index (κ2) is 5.57. The Kier molecular flexibility index (Phi) is 3.82. The van der Waals surface area contributed by atoms with Gasteiger partial charge in [-0.05, 0) is 63.0 Å². The number of thiophene rings is 1. The molecule has 4 heteroatoms. The van der Waals surface area contributed by atoms with Crippen molar-refractivity contribution in [1.29, 1.82) is 0 Å². The number of nitrogens with one attached hydrogen (secondary N) is 1. The molecule has 1 aliphatic rings. The summed E-state index contributed by atoms with van der Waals surface area (Å²) in [4.78, 5) is 6.93. The Hall–Kier alpha value is -0.970. The zero-order chi connectivity index (χ0) is 13.2. The summed E-state index contributed by atoms with van der Waals surface area (Å²) in [5.74, 6) is 0. The van der Waals surface area contributed by atoms with E-state index in [-0.39, 0.29) is 0 Å². The van der Waals surface area contributed by atoms with Gasteiger partial charge >= 0.3 is 0 Å². The lowest BCUT2D eigenvalue weighted by molar-refractivity contribution is 0.226. The average Bonchev–Trinajstić information content (AvgIpc) is 2.88. The summed E-state index contributed by atoms with van der Waals surface area (Å²) in [6.45, 7) is 4.65. The van der Waals surface area contributed by atoms with Gasteiger partial charge in [0.2, 0.25) is 0 Å². The van der Waals surface area contributed by atoms with E-state index in [0.717, 1.165) is 5.52 Å². The standard InChI is InChI=1S/C15H21N3S/c1-11(17-13-3-6-18(2)7-4-13)12-9-15-14(16-10-12)5-8-19-15/h5,8-11,13,17H,3-4,6-7H2,1-2H3. The molecule has 0 amide bonds. The molecule has 0 saturated carbocycles. The van der Waals surface area contributed by atoms with Gasteiger partial charge in [-0.1, -0.05) is 0 Å². The topological polar surface area (TPSA) is 28.2 Å². The van der Waals surface area contributed by atoms with Crippen molar-refractivity contribution in [3.05, 3.63) is 29.3 Å². The highest BCUT2D eigenvalue weighted by Gasteiger charge is 2.19. The number of pyridine rings is 1. The van der Waals surface area contributed by atoms with E-state index >= 15 is 0 Å². The normalized spacial score (nSPS) is 19.9. The SMILES string of the molecule is CC(NC1CCN(C)CC1)c1cnc2ccsc2c1. The Morgan fingerprint density at radius 2 is 2.21 bits per heavy atom. The van der Waals surface area contributed by atoms with E-state index in [2.05, 4.69) is 46.7 Å². The van der Waals surface area contributed by atoms with Gasteiger partial charge in [0.15, 0.2) is 0 Å². The molecule has 3 heterocycles. The average molecular weight is 275 g/mol. The highest BCUT2D eigenvalue weighted by atomic mass is 32.1. The van der Waals surface area contributed by atoms with Crippen molar-refractivity contribution in [3.63, 3.8) is 0 Å². The number of likely N-dealkylation sites (tertiary alicyclic amines) is 1. The molecule has 2 aromatic rings. The van der Waals surface area contributed by atoms with Crippen molar-refractivity contribution in [3.8, 4) is 0 Å². The van der Waals surface area contributed by atoms with Crippen LogP contribution in [0, 0.1) is 0 Å². The fourth-order valence-electron chi connectivity index (χ4n) is 2.72. The molecule has 0 spiro atoms. The lowest BCUT2D eigenvalue weighted by Gasteiger charge is -2.31. The number of hydrogen-bond acceptors (Lipinski definition) is 4. The lowest BCUT2D eigenvalue weighted by atomic mass is 10.0. The smallest absolute Gasteiger partial charge is 0.0809 e. The Balaban J connectivity index is 1.67. The summed E-state index contributed by atoms with van der Waals surface area (Å²) in [5.41, 5.74) is 2.41. The first-order valence-corrected chi connectivity index (χ1v) is 7.88. The molecule has 0 bridgehead atoms. The predicted molar refractivity (Wildman–Crippen MR) is 81.7 cm³/mol. The van der Waals surface area contributed by atoms with E-state index in [0.29, 0.717) is 12.1 Å². The molecule has 1 fully saturated rings.